The highest BCUT2D eigenvalue weighted by molar-refractivity contribution is 6.20. The molecule has 1 atom stereocenters. The number of halogens is 1. The summed E-state index contributed by atoms with van der Waals surface area (Å²) in [6.07, 6.45) is 6.07. The van der Waals surface area contributed by atoms with E-state index in [-0.39, 0.29) is 28.9 Å². The van der Waals surface area contributed by atoms with Crippen molar-refractivity contribution in [1.82, 2.24) is 0 Å². The third-order valence-corrected chi connectivity index (χ3v) is 4.96. The van der Waals surface area contributed by atoms with Gasteiger partial charge in [0, 0.05) is 18.1 Å². The molecular weight excluding hydrogens is 318 g/mol. The topological polar surface area (TPSA) is 69.4 Å². The zero-order valence-electron chi connectivity index (χ0n) is 13.3. The molecule has 1 unspecified atom stereocenters. The van der Waals surface area contributed by atoms with Crippen molar-refractivity contribution < 1.29 is 14.5 Å². The summed E-state index contributed by atoms with van der Waals surface area (Å²) in [6.45, 7) is 0. The molecule has 1 saturated carbocycles. The van der Waals surface area contributed by atoms with Crippen LogP contribution in [0, 0.1) is 10.1 Å². The fraction of sp³-hybridized carbons (Fsp3) is 0.588. The summed E-state index contributed by atoms with van der Waals surface area (Å²) in [6, 6.07) is 5.27. The molecule has 1 fully saturated rings. The van der Waals surface area contributed by atoms with Crippen molar-refractivity contribution in [2.24, 2.45) is 0 Å². The third kappa shape index (κ3) is 4.67. The quantitative estimate of drug-likeness (QED) is 0.320. The van der Waals surface area contributed by atoms with E-state index < -0.39 is 5.38 Å². The lowest BCUT2D eigenvalue weighted by Gasteiger charge is -2.22. The van der Waals surface area contributed by atoms with Crippen LogP contribution in [0.15, 0.2) is 18.2 Å². The van der Waals surface area contributed by atoms with Gasteiger partial charge in [0.05, 0.1) is 17.4 Å². The molecule has 0 radical (unpaired) electrons. The van der Waals surface area contributed by atoms with Gasteiger partial charge >= 0.3 is 5.97 Å². The summed E-state index contributed by atoms with van der Waals surface area (Å²) >= 11 is 6.29. The fourth-order valence-electron chi connectivity index (χ4n) is 3.19. The Labute approximate surface area is 141 Å². The van der Waals surface area contributed by atoms with Gasteiger partial charge in [-0.2, -0.15) is 0 Å². The molecule has 0 N–H and O–H groups in total. The van der Waals surface area contributed by atoms with Crippen LogP contribution in [0.3, 0.4) is 0 Å². The second kappa shape index (κ2) is 8.29. The molecule has 5 nitrogen and oxygen atoms in total. The number of hydrogen-bond donors (Lipinski definition) is 0. The van der Waals surface area contributed by atoms with E-state index in [4.69, 9.17) is 11.6 Å². The molecule has 0 saturated heterocycles. The first-order valence-corrected chi connectivity index (χ1v) is 8.45. The lowest BCUT2D eigenvalue weighted by atomic mass is 9.83. The first-order chi connectivity index (χ1) is 11.0. The lowest BCUT2D eigenvalue weighted by Crippen LogP contribution is -2.08. The van der Waals surface area contributed by atoms with Crippen molar-refractivity contribution in [3.63, 3.8) is 0 Å². The molecule has 0 heterocycles. The normalized spacial score (nSPS) is 16.8. The molecule has 2 rings (SSSR count). The molecule has 0 aliphatic heterocycles. The van der Waals surface area contributed by atoms with Crippen molar-refractivity contribution >= 4 is 23.3 Å². The van der Waals surface area contributed by atoms with Gasteiger partial charge in [-0.3, -0.25) is 14.9 Å². The minimum atomic E-state index is -0.437. The van der Waals surface area contributed by atoms with E-state index in [1.54, 1.807) is 6.07 Å². The molecule has 1 aliphatic rings. The first-order valence-electron chi connectivity index (χ1n) is 8.02. The lowest BCUT2D eigenvalue weighted by molar-refractivity contribution is -0.385. The van der Waals surface area contributed by atoms with Crippen molar-refractivity contribution in [3.8, 4) is 0 Å². The molecular formula is C17H22ClNO4. The van der Waals surface area contributed by atoms with Gasteiger partial charge in [0.25, 0.3) is 5.69 Å². The second-order valence-electron chi connectivity index (χ2n) is 5.99. The molecule has 0 spiro atoms. The molecule has 0 bridgehead atoms. The smallest absolute Gasteiger partial charge is 0.305 e. The van der Waals surface area contributed by atoms with Gasteiger partial charge in [0.1, 0.15) is 0 Å². The minimum absolute atomic E-state index is 0.151. The Kier molecular flexibility index (Phi) is 6.39. The highest BCUT2D eigenvalue weighted by atomic mass is 35.5. The maximum absolute atomic E-state index is 11.4. The van der Waals surface area contributed by atoms with Crippen molar-refractivity contribution in [2.75, 3.05) is 7.11 Å². The number of nitro groups is 1. The van der Waals surface area contributed by atoms with Gasteiger partial charge in [-0.05, 0) is 30.7 Å². The Hall–Kier alpha value is -1.62. The van der Waals surface area contributed by atoms with E-state index >= 15 is 0 Å². The molecule has 0 amide bonds. The van der Waals surface area contributed by atoms with E-state index in [1.165, 1.54) is 13.5 Å². The number of esters is 1. The van der Waals surface area contributed by atoms with Crippen molar-refractivity contribution in [3.05, 3.63) is 39.4 Å². The molecule has 1 aliphatic carbocycles. The Morgan fingerprint density at radius 2 is 2.09 bits per heavy atom. The van der Waals surface area contributed by atoms with Crippen LogP contribution in [-0.4, -0.2) is 18.0 Å². The highest BCUT2D eigenvalue weighted by Crippen LogP contribution is 2.39. The number of ether oxygens (including phenoxy) is 1. The molecule has 1 aromatic carbocycles. The maximum atomic E-state index is 11.4. The Morgan fingerprint density at radius 1 is 1.39 bits per heavy atom. The summed E-state index contributed by atoms with van der Waals surface area (Å²) < 4.78 is 4.59. The second-order valence-corrected chi connectivity index (χ2v) is 6.52. The van der Waals surface area contributed by atoms with Crippen LogP contribution >= 0.6 is 11.6 Å². The average Bonchev–Trinajstić information content (AvgIpc) is 2.59. The van der Waals surface area contributed by atoms with Crippen LogP contribution in [0.2, 0.25) is 0 Å². The monoisotopic (exact) mass is 339 g/mol. The Morgan fingerprint density at radius 3 is 2.70 bits per heavy atom. The summed E-state index contributed by atoms with van der Waals surface area (Å²) in [4.78, 5) is 22.3. The van der Waals surface area contributed by atoms with Gasteiger partial charge in [0.15, 0.2) is 0 Å². The largest absolute Gasteiger partial charge is 0.469 e. The number of alkyl halides is 1. The summed E-state index contributed by atoms with van der Waals surface area (Å²) in [7, 11) is 1.33. The van der Waals surface area contributed by atoms with E-state index in [2.05, 4.69) is 4.74 Å². The van der Waals surface area contributed by atoms with Crippen LogP contribution in [0.1, 0.15) is 67.4 Å². The van der Waals surface area contributed by atoms with E-state index in [9.17, 15) is 14.9 Å². The Balaban J connectivity index is 2.17. The number of nitrogens with zero attached hydrogens (tertiary/aromatic N) is 1. The van der Waals surface area contributed by atoms with E-state index in [0.717, 1.165) is 31.2 Å². The predicted octanol–water partition coefficient (Wildman–Crippen LogP) is 4.88. The number of methoxy groups -OCH3 is 1. The third-order valence-electron chi connectivity index (χ3n) is 4.49. The van der Waals surface area contributed by atoms with Crippen molar-refractivity contribution in [1.29, 1.82) is 0 Å². The Bertz CT molecular complexity index is 570. The van der Waals surface area contributed by atoms with Crippen LogP contribution in [0.5, 0.6) is 0 Å². The highest BCUT2D eigenvalue weighted by Gasteiger charge is 2.25. The minimum Gasteiger partial charge on any atom is -0.469 e. The SMILES string of the molecule is COC(=O)CCC(Cl)c1ccc(C2CCCCC2)c([N+](=O)[O-])c1. The maximum Gasteiger partial charge on any atom is 0.305 e. The van der Waals surface area contributed by atoms with Gasteiger partial charge < -0.3 is 4.74 Å². The zero-order valence-corrected chi connectivity index (χ0v) is 14.1. The van der Waals surface area contributed by atoms with Crippen LogP contribution in [0.25, 0.3) is 0 Å². The number of nitro benzene ring substituents is 1. The van der Waals surface area contributed by atoms with E-state index in [0.29, 0.717) is 12.0 Å². The van der Waals surface area contributed by atoms with Crippen LogP contribution < -0.4 is 0 Å². The zero-order chi connectivity index (χ0) is 16.8. The molecule has 126 valence electrons. The predicted molar refractivity (Wildman–Crippen MR) is 88.8 cm³/mol. The summed E-state index contributed by atoms with van der Waals surface area (Å²) in [5, 5.41) is 11.0. The fourth-order valence-corrected chi connectivity index (χ4v) is 3.43. The number of hydrogen-bond acceptors (Lipinski definition) is 4. The molecule has 23 heavy (non-hydrogen) atoms. The van der Waals surface area contributed by atoms with Gasteiger partial charge in [0.2, 0.25) is 0 Å². The van der Waals surface area contributed by atoms with Gasteiger partial charge in [-0.15, -0.1) is 11.6 Å². The summed E-state index contributed by atoms with van der Waals surface area (Å²) in [5.74, 6) is -0.0639. The number of rotatable bonds is 6. The van der Waals surface area contributed by atoms with Crippen LogP contribution in [-0.2, 0) is 9.53 Å². The first kappa shape index (κ1) is 17.7. The standard InChI is InChI=1S/C17H22ClNO4/c1-23-17(20)10-9-15(18)13-7-8-14(16(11-13)19(21)22)12-5-3-2-4-6-12/h7-8,11-12,15H,2-6,9-10H2,1H3. The molecule has 1 aromatic rings. The average molecular weight is 340 g/mol. The molecule has 6 heteroatoms. The van der Waals surface area contributed by atoms with E-state index in [1.807, 2.05) is 12.1 Å². The summed E-state index contributed by atoms with van der Waals surface area (Å²) in [5.41, 5.74) is 1.65. The van der Waals surface area contributed by atoms with Gasteiger partial charge in [-0.1, -0.05) is 31.4 Å². The van der Waals surface area contributed by atoms with Gasteiger partial charge in [-0.25, -0.2) is 0 Å². The van der Waals surface area contributed by atoms with Crippen molar-refractivity contribution in [2.45, 2.75) is 56.2 Å². The number of carbonyl (C=O) groups is 1. The molecule has 0 aromatic heterocycles. The number of carbonyl (C=O) groups excluding carboxylic acids is 1. The number of benzene rings is 1. The van der Waals surface area contributed by atoms with Crippen LogP contribution in [0.4, 0.5) is 5.69 Å².